The predicted octanol–water partition coefficient (Wildman–Crippen LogP) is 5.40. The third-order valence-corrected chi connectivity index (χ3v) is 3.65. The monoisotopic (exact) mass is 393 g/mol. The van der Waals surface area contributed by atoms with E-state index < -0.39 is 29.3 Å². The van der Waals surface area contributed by atoms with Crippen molar-refractivity contribution in [1.29, 1.82) is 0 Å². The molecule has 1 aliphatic rings. The van der Waals surface area contributed by atoms with Crippen molar-refractivity contribution in [3.63, 3.8) is 0 Å². The van der Waals surface area contributed by atoms with E-state index in [2.05, 4.69) is 0 Å². The first-order valence-electron chi connectivity index (χ1n) is 8.91. The Balaban J connectivity index is 0.00000176. The Labute approximate surface area is 157 Å². The van der Waals surface area contributed by atoms with Gasteiger partial charge in [-0.1, -0.05) is 19.9 Å². The van der Waals surface area contributed by atoms with Gasteiger partial charge in [-0.25, -0.2) is 9.18 Å². The summed E-state index contributed by atoms with van der Waals surface area (Å²) in [7, 11) is 0. The largest absolute Gasteiger partial charge is 0.444 e. The molecule has 1 fully saturated rings. The lowest BCUT2D eigenvalue weighted by Gasteiger charge is -2.24. The highest BCUT2D eigenvalue weighted by Crippen LogP contribution is 2.30. The Bertz CT molecular complexity index is 626. The molecular formula is C19H27F4NO3. The van der Waals surface area contributed by atoms with Crippen molar-refractivity contribution in [1.82, 2.24) is 4.90 Å². The summed E-state index contributed by atoms with van der Waals surface area (Å²) in [6.07, 6.45) is -4.78. The summed E-state index contributed by atoms with van der Waals surface area (Å²) in [4.78, 5) is 13.4. The lowest BCUT2D eigenvalue weighted by atomic mass is 10.1. The molecular weight excluding hydrogens is 366 g/mol. The second kappa shape index (κ2) is 9.39. The van der Waals surface area contributed by atoms with Crippen molar-refractivity contribution in [3.8, 4) is 0 Å². The first-order valence-corrected chi connectivity index (χ1v) is 8.91. The van der Waals surface area contributed by atoms with Gasteiger partial charge < -0.3 is 14.4 Å². The minimum absolute atomic E-state index is 0.0451. The maximum absolute atomic E-state index is 13.8. The average Bonchev–Trinajstić information content (AvgIpc) is 3.02. The van der Waals surface area contributed by atoms with E-state index in [1.165, 1.54) is 4.90 Å². The van der Waals surface area contributed by atoms with Crippen LogP contribution in [0.4, 0.5) is 22.4 Å². The Morgan fingerprint density at radius 2 is 1.85 bits per heavy atom. The van der Waals surface area contributed by atoms with Gasteiger partial charge >= 0.3 is 12.3 Å². The summed E-state index contributed by atoms with van der Waals surface area (Å²) in [5.41, 5.74) is -1.59. The zero-order valence-corrected chi connectivity index (χ0v) is 16.3. The van der Waals surface area contributed by atoms with E-state index in [1.807, 2.05) is 13.8 Å². The molecule has 4 nitrogen and oxygen atoms in total. The molecule has 0 N–H and O–H groups in total. The van der Waals surface area contributed by atoms with Gasteiger partial charge in [0.25, 0.3) is 0 Å². The standard InChI is InChI=1S/C17H21F4NO3.C2H6/c1-16(2,3)25-15(23)22-7-6-13(9-22)24-10-11-4-5-12(8-14(11)18)17(19,20)21;1-2/h4-5,8,13H,6-7,9-10H2,1-3H3;1-2H3. The van der Waals surface area contributed by atoms with E-state index in [0.717, 1.165) is 12.1 Å². The summed E-state index contributed by atoms with van der Waals surface area (Å²) in [5.74, 6) is -0.961. The summed E-state index contributed by atoms with van der Waals surface area (Å²) in [5, 5.41) is 0. The molecule has 1 amide bonds. The number of nitrogens with zero attached hydrogens (tertiary/aromatic N) is 1. The molecule has 0 bridgehead atoms. The van der Waals surface area contributed by atoms with Gasteiger partial charge in [-0.2, -0.15) is 13.2 Å². The van der Waals surface area contributed by atoms with Crippen LogP contribution in [0.15, 0.2) is 18.2 Å². The number of ether oxygens (including phenoxy) is 2. The third-order valence-electron chi connectivity index (χ3n) is 3.65. The van der Waals surface area contributed by atoms with E-state index in [1.54, 1.807) is 20.8 Å². The first-order chi connectivity index (χ1) is 12.5. The summed E-state index contributed by atoms with van der Waals surface area (Å²) < 4.78 is 62.1. The van der Waals surface area contributed by atoms with Crippen LogP contribution in [0, 0.1) is 5.82 Å². The minimum atomic E-state index is -4.58. The van der Waals surface area contributed by atoms with Crippen LogP contribution < -0.4 is 0 Å². The van der Waals surface area contributed by atoms with Crippen LogP contribution in [0.25, 0.3) is 0 Å². The molecule has 1 heterocycles. The highest BCUT2D eigenvalue weighted by molar-refractivity contribution is 5.68. The number of halogens is 4. The molecule has 1 unspecified atom stereocenters. The molecule has 1 atom stereocenters. The summed E-state index contributed by atoms with van der Waals surface area (Å²) in [6, 6.07) is 2.35. The predicted molar refractivity (Wildman–Crippen MR) is 93.8 cm³/mol. The summed E-state index contributed by atoms with van der Waals surface area (Å²) >= 11 is 0. The second-order valence-corrected chi connectivity index (χ2v) is 6.95. The normalized spacial score (nSPS) is 17.4. The van der Waals surface area contributed by atoms with Crippen molar-refractivity contribution in [2.45, 2.75) is 65.5 Å². The van der Waals surface area contributed by atoms with Gasteiger partial charge in [-0.05, 0) is 39.3 Å². The molecule has 1 aromatic carbocycles. The van der Waals surface area contributed by atoms with Crippen LogP contribution >= 0.6 is 0 Å². The van der Waals surface area contributed by atoms with Crippen molar-refractivity contribution < 1.29 is 31.8 Å². The topological polar surface area (TPSA) is 38.8 Å². The van der Waals surface area contributed by atoms with E-state index in [9.17, 15) is 22.4 Å². The minimum Gasteiger partial charge on any atom is -0.444 e. The number of hydrogen-bond acceptors (Lipinski definition) is 3. The zero-order chi connectivity index (χ0) is 20.8. The number of amides is 1. The SMILES string of the molecule is CC.CC(C)(C)OC(=O)N1CCC(OCc2ccc(C(F)(F)F)cc2F)C1. The van der Waals surface area contributed by atoms with E-state index in [0.29, 0.717) is 25.6 Å². The number of likely N-dealkylation sites (tertiary alicyclic amines) is 1. The number of rotatable bonds is 3. The van der Waals surface area contributed by atoms with Crippen LogP contribution in [-0.4, -0.2) is 35.8 Å². The van der Waals surface area contributed by atoms with Gasteiger partial charge in [0.2, 0.25) is 0 Å². The maximum Gasteiger partial charge on any atom is 0.416 e. The third kappa shape index (κ3) is 7.36. The average molecular weight is 393 g/mol. The fourth-order valence-corrected chi connectivity index (χ4v) is 2.40. The fourth-order valence-electron chi connectivity index (χ4n) is 2.40. The second-order valence-electron chi connectivity index (χ2n) is 6.95. The fraction of sp³-hybridized carbons (Fsp3) is 0.632. The Kier molecular flexibility index (Phi) is 8.07. The van der Waals surface area contributed by atoms with E-state index in [4.69, 9.17) is 9.47 Å². The molecule has 1 saturated heterocycles. The lowest BCUT2D eigenvalue weighted by Crippen LogP contribution is -2.36. The maximum atomic E-state index is 13.8. The van der Waals surface area contributed by atoms with Gasteiger partial charge in [-0.3, -0.25) is 0 Å². The van der Waals surface area contributed by atoms with Crippen molar-refractivity contribution >= 4 is 6.09 Å². The Morgan fingerprint density at radius 1 is 1.22 bits per heavy atom. The van der Waals surface area contributed by atoms with Crippen molar-refractivity contribution in [3.05, 3.63) is 35.1 Å². The molecule has 0 radical (unpaired) electrons. The van der Waals surface area contributed by atoms with Gasteiger partial charge in [-0.15, -0.1) is 0 Å². The van der Waals surface area contributed by atoms with Crippen LogP contribution in [0.2, 0.25) is 0 Å². The van der Waals surface area contributed by atoms with Crippen LogP contribution in [0.5, 0.6) is 0 Å². The zero-order valence-electron chi connectivity index (χ0n) is 16.3. The Morgan fingerprint density at radius 3 is 2.37 bits per heavy atom. The Hall–Kier alpha value is -1.83. The van der Waals surface area contributed by atoms with Crippen molar-refractivity contribution in [2.75, 3.05) is 13.1 Å². The van der Waals surface area contributed by atoms with E-state index >= 15 is 0 Å². The molecule has 0 spiro atoms. The number of hydrogen-bond donors (Lipinski definition) is 0. The first kappa shape index (κ1) is 23.2. The van der Waals surface area contributed by atoms with Gasteiger partial charge in [0.1, 0.15) is 11.4 Å². The summed E-state index contributed by atoms with van der Waals surface area (Å²) in [6.45, 7) is 9.90. The number of benzene rings is 1. The quantitative estimate of drug-likeness (QED) is 0.646. The van der Waals surface area contributed by atoms with Gasteiger partial charge in [0, 0.05) is 12.1 Å². The molecule has 8 heteroatoms. The van der Waals surface area contributed by atoms with Gasteiger partial charge in [0.05, 0.1) is 24.8 Å². The number of carbonyl (C=O) groups excluding carboxylic acids is 1. The number of carbonyl (C=O) groups is 1. The molecule has 27 heavy (non-hydrogen) atoms. The molecule has 0 aliphatic carbocycles. The highest BCUT2D eigenvalue weighted by atomic mass is 19.4. The smallest absolute Gasteiger partial charge is 0.416 e. The van der Waals surface area contributed by atoms with Crippen LogP contribution in [-0.2, 0) is 22.3 Å². The molecule has 0 aromatic heterocycles. The van der Waals surface area contributed by atoms with Crippen LogP contribution in [0.3, 0.4) is 0 Å². The molecule has 1 aliphatic heterocycles. The molecule has 2 rings (SSSR count). The number of alkyl halides is 3. The van der Waals surface area contributed by atoms with E-state index in [-0.39, 0.29) is 18.3 Å². The molecule has 0 saturated carbocycles. The lowest BCUT2D eigenvalue weighted by molar-refractivity contribution is -0.137. The molecule has 1 aromatic rings. The molecule has 154 valence electrons. The highest BCUT2D eigenvalue weighted by Gasteiger charge is 2.32. The van der Waals surface area contributed by atoms with Crippen molar-refractivity contribution in [2.24, 2.45) is 0 Å². The van der Waals surface area contributed by atoms with Gasteiger partial charge in [0.15, 0.2) is 0 Å². The van der Waals surface area contributed by atoms with Crippen LogP contribution in [0.1, 0.15) is 52.2 Å².